The number of carbonyl (C=O) groups is 1. The fraction of sp³-hybridized carbons (Fsp3) is 0.214. The fourth-order valence-electron chi connectivity index (χ4n) is 4.75. The van der Waals surface area contributed by atoms with E-state index >= 15 is 0 Å². The Labute approximate surface area is 236 Å². The monoisotopic (exact) mass is 592 g/mol. The van der Waals surface area contributed by atoms with E-state index in [0.29, 0.717) is 53.2 Å². The van der Waals surface area contributed by atoms with Crippen LogP contribution in [-0.2, 0) is 19.5 Å². The Kier molecular flexibility index (Phi) is 8.02. The molecule has 1 N–H and O–H groups in total. The molecule has 208 valence electrons. The Balaban J connectivity index is 1.42. The topological polar surface area (TPSA) is 59.4 Å². The molecule has 0 saturated heterocycles. The minimum absolute atomic E-state index is 0.150. The number of rotatable bonds is 6. The van der Waals surface area contributed by atoms with E-state index in [1.807, 2.05) is 6.08 Å². The molecular formula is C28H22Cl2F4N4O2. The van der Waals surface area contributed by atoms with Crippen molar-refractivity contribution >= 4 is 46.2 Å². The van der Waals surface area contributed by atoms with Gasteiger partial charge in [-0.3, -0.25) is 9.47 Å². The van der Waals surface area contributed by atoms with Crippen LogP contribution in [0.4, 0.5) is 22.4 Å². The van der Waals surface area contributed by atoms with E-state index in [9.17, 15) is 22.4 Å². The number of pyridine rings is 1. The van der Waals surface area contributed by atoms with Crippen LogP contribution >= 0.6 is 23.2 Å². The van der Waals surface area contributed by atoms with Crippen LogP contribution in [0, 0.1) is 5.82 Å². The molecule has 0 bridgehead atoms. The van der Waals surface area contributed by atoms with Gasteiger partial charge in [0.1, 0.15) is 16.7 Å². The zero-order valence-corrected chi connectivity index (χ0v) is 22.3. The van der Waals surface area contributed by atoms with Crippen LogP contribution in [0.1, 0.15) is 22.4 Å². The quantitative estimate of drug-likeness (QED) is 0.190. The highest BCUT2D eigenvalue weighted by atomic mass is 35.5. The molecule has 5 rings (SSSR count). The first-order valence-electron chi connectivity index (χ1n) is 12.2. The number of hydrogen-bond acceptors (Lipinski definition) is 4. The number of nitrogens with one attached hydrogen (secondary N) is 1. The summed E-state index contributed by atoms with van der Waals surface area (Å²) in [5.74, 6) is -0.833. The summed E-state index contributed by atoms with van der Waals surface area (Å²) in [6, 6.07) is 11.0. The van der Waals surface area contributed by atoms with Gasteiger partial charge in [0.2, 0.25) is 0 Å². The molecule has 0 aliphatic carbocycles. The Hall–Kier alpha value is -3.60. The predicted molar refractivity (Wildman–Crippen MR) is 145 cm³/mol. The molecule has 12 heteroatoms. The molecule has 4 aromatic rings. The van der Waals surface area contributed by atoms with Crippen molar-refractivity contribution in [3.63, 3.8) is 0 Å². The predicted octanol–water partition coefficient (Wildman–Crippen LogP) is 7.21. The molecule has 0 unspecified atom stereocenters. The normalized spacial score (nSPS) is 14.1. The molecule has 0 saturated carbocycles. The van der Waals surface area contributed by atoms with Gasteiger partial charge in [-0.1, -0.05) is 41.4 Å². The molecule has 3 heterocycles. The molecule has 1 amide bonds. The standard InChI is InChI=1S/C28H22Cl2F4N4O2/c29-23-13-19(31)4-3-18(23)2-1-10-37-11-8-24-22(16-37)21-6-5-20(40-28(32,33)34)14-25(21)38(24)27(39)36-15-17-7-9-35-26(30)12-17/h1-7,9,12-14H,8,10-11,15-16H2,(H,36,39). The van der Waals surface area contributed by atoms with Crippen molar-refractivity contribution in [2.24, 2.45) is 0 Å². The Morgan fingerprint density at radius 2 is 1.95 bits per heavy atom. The Morgan fingerprint density at radius 1 is 1.12 bits per heavy atom. The maximum atomic E-state index is 13.4. The molecule has 0 radical (unpaired) electrons. The summed E-state index contributed by atoms with van der Waals surface area (Å²) in [5.41, 5.74) is 3.27. The lowest BCUT2D eigenvalue weighted by Crippen LogP contribution is -2.34. The van der Waals surface area contributed by atoms with Crippen LogP contribution in [-0.4, -0.2) is 39.9 Å². The third-order valence-corrected chi connectivity index (χ3v) is 7.03. The second kappa shape index (κ2) is 11.5. The van der Waals surface area contributed by atoms with E-state index < -0.39 is 24.0 Å². The lowest BCUT2D eigenvalue weighted by Gasteiger charge is -2.27. The van der Waals surface area contributed by atoms with E-state index in [4.69, 9.17) is 23.2 Å². The molecular weight excluding hydrogens is 571 g/mol. The van der Waals surface area contributed by atoms with Gasteiger partial charge in [0.05, 0.1) is 10.5 Å². The number of hydrogen-bond donors (Lipinski definition) is 1. The number of benzene rings is 2. The number of aromatic nitrogens is 2. The first-order chi connectivity index (χ1) is 19.1. The number of carbonyl (C=O) groups excluding carboxylic acids is 1. The number of fused-ring (bicyclic) bond motifs is 3. The molecule has 2 aromatic carbocycles. The molecule has 0 fully saturated rings. The number of amides is 1. The van der Waals surface area contributed by atoms with Gasteiger partial charge in [0.25, 0.3) is 0 Å². The van der Waals surface area contributed by atoms with Crippen LogP contribution in [0.25, 0.3) is 17.0 Å². The molecule has 6 nitrogen and oxygen atoms in total. The van der Waals surface area contributed by atoms with Crippen LogP contribution in [0.2, 0.25) is 10.2 Å². The molecule has 0 spiro atoms. The van der Waals surface area contributed by atoms with Crippen LogP contribution < -0.4 is 10.1 Å². The van der Waals surface area contributed by atoms with Crippen molar-refractivity contribution in [1.82, 2.24) is 19.8 Å². The largest absolute Gasteiger partial charge is 0.573 e. The molecule has 40 heavy (non-hydrogen) atoms. The highest BCUT2D eigenvalue weighted by Crippen LogP contribution is 2.34. The average Bonchev–Trinajstić information content (AvgIpc) is 3.20. The molecule has 0 atom stereocenters. The van der Waals surface area contributed by atoms with Gasteiger partial charge in [-0.05, 0) is 53.1 Å². The van der Waals surface area contributed by atoms with Crippen LogP contribution in [0.15, 0.2) is 60.8 Å². The Bertz CT molecular complexity index is 1600. The third-order valence-electron chi connectivity index (χ3n) is 6.49. The average molecular weight is 593 g/mol. The van der Waals surface area contributed by atoms with Crippen molar-refractivity contribution in [2.45, 2.75) is 25.9 Å². The van der Waals surface area contributed by atoms with Crippen LogP contribution in [0.5, 0.6) is 5.75 Å². The van der Waals surface area contributed by atoms with Crippen molar-refractivity contribution in [3.05, 3.63) is 99.2 Å². The number of alkyl halides is 3. The minimum atomic E-state index is -4.87. The smallest absolute Gasteiger partial charge is 0.406 e. The number of nitrogens with zero attached hydrogens (tertiary/aromatic N) is 3. The number of halogens is 6. The SMILES string of the molecule is O=C(NCc1ccnc(Cl)c1)n1c2c(c3ccc(OC(F)(F)F)cc31)CN(CC=Cc1ccc(F)cc1Cl)CC2. The lowest BCUT2D eigenvalue weighted by molar-refractivity contribution is -0.274. The van der Waals surface area contributed by atoms with E-state index in [-0.39, 0.29) is 11.7 Å². The zero-order chi connectivity index (χ0) is 28.4. The second-order valence-electron chi connectivity index (χ2n) is 9.19. The fourth-order valence-corrected chi connectivity index (χ4v) is 5.18. The van der Waals surface area contributed by atoms with Crippen molar-refractivity contribution in [1.29, 1.82) is 0 Å². The first-order valence-corrected chi connectivity index (χ1v) is 13.0. The summed E-state index contributed by atoms with van der Waals surface area (Å²) in [6.45, 7) is 1.76. The van der Waals surface area contributed by atoms with E-state index in [2.05, 4.69) is 19.9 Å². The van der Waals surface area contributed by atoms with Crippen molar-refractivity contribution in [2.75, 3.05) is 13.1 Å². The summed E-state index contributed by atoms with van der Waals surface area (Å²) in [5, 5.41) is 4.06. The summed E-state index contributed by atoms with van der Waals surface area (Å²) in [4.78, 5) is 19.4. The Morgan fingerprint density at radius 3 is 2.70 bits per heavy atom. The molecule has 1 aliphatic heterocycles. The summed E-state index contributed by atoms with van der Waals surface area (Å²) >= 11 is 12.0. The zero-order valence-electron chi connectivity index (χ0n) is 20.8. The third kappa shape index (κ3) is 6.41. The van der Waals surface area contributed by atoms with Gasteiger partial charge >= 0.3 is 12.4 Å². The summed E-state index contributed by atoms with van der Waals surface area (Å²) in [6.07, 6.45) is 0.846. The van der Waals surface area contributed by atoms with Gasteiger partial charge < -0.3 is 10.1 Å². The maximum absolute atomic E-state index is 13.4. The van der Waals surface area contributed by atoms with E-state index in [1.165, 1.54) is 35.0 Å². The van der Waals surface area contributed by atoms with Gasteiger partial charge in [0, 0.05) is 55.9 Å². The van der Waals surface area contributed by atoms with Gasteiger partial charge in [-0.15, -0.1) is 13.2 Å². The van der Waals surface area contributed by atoms with E-state index in [1.54, 1.807) is 30.3 Å². The second-order valence-corrected chi connectivity index (χ2v) is 9.98. The van der Waals surface area contributed by atoms with Gasteiger partial charge in [-0.25, -0.2) is 14.2 Å². The highest BCUT2D eigenvalue weighted by Gasteiger charge is 2.32. The molecule has 1 aliphatic rings. The number of ether oxygens (including phenoxy) is 1. The molecule has 2 aromatic heterocycles. The van der Waals surface area contributed by atoms with Crippen LogP contribution in [0.3, 0.4) is 0 Å². The van der Waals surface area contributed by atoms with Gasteiger partial charge in [-0.2, -0.15) is 0 Å². The van der Waals surface area contributed by atoms with Crippen molar-refractivity contribution < 1.29 is 27.1 Å². The maximum Gasteiger partial charge on any atom is 0.573 e. The van der Waals surface area contributed by atoms with E-state index in [0.717, 1.165) is 11.1 Å². The minimum Gasteiger partial charge on any atom is -0.406 e. The summed E-state index contributed by atoms with van der Waals surface area (Å²) in [7, 11) is 0. The summed E-state index contributed by atoms with van der Waals surface area (Å²) < 4.78 is 57.7. The lowest BCUT2D eigenvalue weighted by atomic mass is 10.0. The van der Waals surface area contributed by atoms with Crippen molar-refractivity contribution in [3.8, 4) is 5.75 Å². The first kappa shape index (κ1) is 27.9. The highest BCUT2D eigenvalue weighted by molar-refractivity contribution is 6.32. The van der Waals surface area contributed by atoms with Gasteiger partial charge in [0.15, 0.2) is 0 Å².